The summed E-state index contributed by atoms with van der Waals surface area (Å²) in [5.74, 6) is 1.32. The fraction of sp³-hybridized carbons (Fsp3) is 0.0769. The molecule has 3 N–H and O–H groups in total. The second-order valence-electron chi connectivity index (χ2n) is 7.96. The zero-order valence-corrected chi connectivity index (χ0v) is 19.3. The molecule has 0 saturated carbocycles. The molecule has 3 heterocycles. The number of nitrogen functional groups attached to an aromatic ring is 1. The molecular weight excluding hydrogens is 442 g/mol. The molecule has 0 atom stereocenters. The van der Waals surface area contributed by atoms with E-state index in [0.717, 1.165) is 33.4 Å². The number of anilines is 2. The number of carbonyl (C=O) groups is 1. The number of nitrogens with one attached hydrogen (secondary N) is 1. The molecule has 0 fully saturated rings. The highest BCUT2D eigenvalue weighted by Gasteiger charge is 2.22. The zero-order chi connectivity index (χ0) is 24.5. The molecule has 1 amide bonds. The maximum atomic E-state index is 11.7. The maximum absolute atomic E-state index is 11.7. The van der Waals surface area contributed by atoms with Crippen LogP contribution < -0.4 is 15.8 Å². The second-order valence-corrected chi connectivity index (χ2v) is 7.96. The van der Waals surface area contributed by atoms with Gasteiger partial charge in [-0.1, -0.05) is 30.8 Å². The molecule has 2 aromatic carbocycles. The number of fused-ring (bicyclic) bond motifs is 1. The molecule has 0 saturated heterocycles. The molecule has 9 heteroatoms. The van der Waals surface area contributed by atoms with Crippen LogP contribution in [0.3, 0.4) is 0 Å². The first-order valence-electron chi connectivity index (χ1n) is 10.8. The van der Waals surface area contributed by atoms with Crippen LogP contribution in [0.15, 0.2) is 79.8 Å². The van der Waals surface area contributed by atoms with E-state index in [1.165, 1.54) is 12.4 Å². The highest BCUT2D eigenvalue weighted by atomic mass is 16.5. The molecule has 5 aromatic rings. The van der Waals surface area contributed by atoms with Gasteiger partial charge in [-0.3, -0.25) is 9.48 Å². The number of aryl methyl sites for hydroxylation is 2. The van der Waals surface area contributed by atoms with Crippen LogP contribution in [0.25, 0.3) is 33.4 Å². The fourth-order valence-electron chi connectivity index (χ4n) is 4.06. The van der Waals surface area contributed by atoms with Gasteiger partial charge in [-0.15, -0.1) is 5.10 Å². The van der Waals surface area contributed by atoms with E-state index in [1.54, 1.807) is 10.7 Å². The molecular formula is C26H23N7O2. The first-order chi connectivity index (χ1) is 16.9. The molecule has 9 nitrogen and oxygen atoms in total. The highest BCUT2D eigenvalue weighted by molar-refractivity contribution is 6.08. The summed E-state index contributed by atoms with van der Waals surface area (Å²) >= 11 is 0. The van der Waals surface area contributed by atoms with Gasteiger partial charge in [-0.25, -0.2) is 9.97 Å². The molecule has 0 unspecified atom stereocenters. The first-order valence-corrected chi connectivity index (χ1v) is 10.8. The summed E-state index contributed by atoms with van der Waals surface area (Å²) in [6, 6.07) is 17.1. The van der Waals surface area contributed by atoms with Gasteiger partial charge in [-0.05, 0) is 41.5 Å². The Balaban J connectivity index is 1.60. The Labute approximate surface area is 201 Å². The van der Waals surface area contributed by atoms with Crippen molar-refractivity contribution in [1.82, 2.24) is 24.3 Å². The van der Waals surface area contributed by atoms with Gasteiger partial charge >= 0.3 is 0 Å². The highest BCUT2D eigenvalue weighted by Crippen LogP contribution is 2.42. The van der Waals surface area contributed by atoms with Crippen LogP contribution in [0.2, 0.25) is 0 Å². The summed E-state index contributed by atoms with van der Waals surface area (Å²) < 4.78 is 9.53. The van der Waals surface area contributed by atoms with Gasteiger partial charge in [0.25, 0.3) is 0 Å². The second kappa shape index (κ2) is 8.79. The normalized spacial score (nSPS) is 10.9. The van der Waals surface area contributed by atoms with E-state index in [-0.39, 0.29) is 5.91 Å². The summed E-state index contributed by atoms with van der Waals surface area (Å²) in [6.45, 7) is 3.49. The predicted molar refractivity (Wildman–Crippen MR) is 136 cm³/mol. The Morgan fingerprint density at radius 2 is 1.74 bits per heavy atom. The monoisotopic (exact) mass is 465 g/mol. The first kappa shape index (κ1) is 21.9. The number of ether oxygens (including phenoxy) is 1. The number of aromatic nitrogens is 5. The van der Waals surface area contributed by atoms with E-state index < -0.39 is 0 Å². The molecule has 174 valence electrons. The molecule has 0 spiro atoms. The molecule has 0 aliphatic carbocycles. The van der Waals surface area contributed by atoms with E-state index in [0.29, 0.717) is 23.1 Å². The third-order valence-corrected chi connectivity index (χ3v) is 5.66. The van der Waals surface area contributed by atoms with Gasteiger partial charge in [0, 0.05) is 37.6 Å². The summed E-state index contributed by atoms with van der Waals surface area (Å²) in [5.41, 5.74) is 11.4. The van der Waals surface area contributed by atoms with Crippen molar-refractivity contribution in [2.45, 2.75) is 0 Å². The number of amides is 1. The van der Waals surface area contributed by atoms with Crippen molar-refractivity contribution in [1.29, 1.82) is 0 Å². The zero-order valence-electron chi connectivity index (χ0n) is 19.3. The Morgan fingerprint density at radius 1 is 1.03 bits per heavy atom. The Kier molecular flexibility index (Phi) is 5.50. The van der Waals surface area contributed by atoms with E-state index in [2.05, 4.69) is 27.0 Å². The number of nitrogens with zero attached hydrogens (tertiary/aromatic N) is 5. The van der Waals surface area contributed by atoms with Crippen molar-refractivity contribution in [2.75, 3.05) is 11.1 Å². The van der Waals surface area contributed by atoms with Gasteiger partial charge in [0.2, 0.25) is 11.8 Å². The Hall–Kier alpha value is -4.92. The van der Waals surface area contributed by atoms with E-state index >= 15 is 0 Å². The van der Waals surface area contributed by atoms with Crippen LogP contribution in [-0.2, 0) is 18.9 Å². The number of hydrogen-bond donors (Lipinski definition) is 2. The molecule has 0 aliphatic heterocycles. The van der Waals surface area contributed by atoms with Crippen molar-refractivity contribution in [2.24, 2.45) is 14.1 Å². The van der Waals surface area contributed by atoms with Crippen molar-refractivity contribution < 1.29 is 9.53 Å². The number of benzene rings is 2. The van der Waals surface area contributed by atoms with Crippen molar-refractivity contribution in [3.8, 4) is 34.0 Å². The minimum atomic E-state index is -0.265. The van der Waals surface area contributed by atoms with E-state index in [4.69, 9.17) is 10.5 Å². The number of rotatable bonds is 6. The van der Waals surface area contributed by atoms with Crippen LogP contribution in [0, 0.1) is 0 Å². The molecule has 0 aliphatic rings. The fourth-order valence-corrected chi connectivity index (χ4v) is 4.06. The Morgan fingerprint density at radius 3 is 2.40 bits per heavy atom. The van der Waals surface area contributed by atoms with Crippen molar-refractivity contribution in [3.63, 3.8) is 0 Å². The summed E-state index contributed by atoms with van der Waals surface area (Å²) in [7, 11) is 3.78. The van der Waals surface area contributed by atoms with Gasteiger partial charge in [0.1, 0.15) is 23.5 Å². The van der Waals surface area contributed by atoms with Gasteiger partial charge in [0.15, 0.2) is 0 Å². The lowest BCUT2D eigenvalue weighted by molar-refractivity contribution is -0.111. The minimum Gasteiger partial charge on any atom is -0.438 e. The Bertz CT molecular complexity index is 1550. The summed E-state index contributed by atoms with van der Waals surface area (Å²) in [5, 5.41) is 7.79. The van der Waals surface area contributed by atoms with Crippen molar-refractivity contribution >= 4 is 28.4 Å². The van der Waals surface area contributed by atoms with Crippen LogP contribution in [0.1, 0.15) is 0 Å². The smallest absolute Gasteiger partial charge is 0.247 e. The predicted octanol–water partition coefficient (Wildman–Crippen LogP) is 4.53. The topological polar surface area (TPSA) is 113 Å². The van der Waals surface area contributed by atoms with Crippen LogP contribution in [0.5, 0.6) is 11.6 Å². The third-order valence-electron chi connectivity index (χ3n) is 5.66. The van der Waals surface area contributed by atoms with E-state index in [1.807, 2.05) is 73.4 Å². The quantitative estimate of drug-likeness (QED) is 0.356. The van der Waals surface area contributed by atoms with Gasteiger partial charge in [0.05, 0.1) is 11.1 Å². The standard InChI is InChI=1S/C26H23N7O2/c1-4-20(34)30-18-9-5-17(6-10-18)24-22(23-25(27)28-15-29-26(23)33(24)3)16-7-11-19(12-8-16)35-21-13-14-32(2)31-21/h4-15H,1H2,2-3H3,(H,30,34)(H2,27,28,29). The van der Waals surface area contributed by atoms with Crippen molar-refractivity contribution in [3.05, 3.63) is 79.8 Å². The molecule has 0 radical (unpaired) electrons. The summed E-state index contributed by atoms with van der Waals surface area (Å²) in [6.07, 6.45) is 4.52. The molecule has 3 aromatic heterocycles. The number of hydrogen-bond acceptors (Lipinski definition) is 6. The number of carbonyl (C=O) groups excluding carboxylic acids is 1. The van der Waals surface area contributed by atoms with Crippen LogP contribution >= 0.6 is 0 Å². The van der Waals surface area contributed by atoms with Crippen LogP contribution in [0.4, 0.5) is 11.5 Å². The lowest BCUT2D eigenvalue weighted by atomic mass is 9.98. The lowest BCUT2D eigenvalue weighted by Crippen LogP contribution is -2.06. The summed E-state index contributed by atoms with van der Waals surface area (Å²) in [4.78, 5) is 20.4. The molecule has 5 rings (SSSR count). The SMILES string of the molecule is C=CC(=O)Nc1ccc(-c2c(-c3ccc(Oc4ccn(C)n4)cc3)c3c(N)ncnc3n2C)cc1. The van der Waals surface area contributed by atoms with Gasteiger partial charge < -0.3 is 20.4 Å². The minimum absolute atomic E-state index is 0.265. The average Bonchev–Trinajstić information content (AvgIpc) is 3.41. The van der Waals surface area contributed by atoms with Gasteiger partial charge in [-0.2, -0.15) is 0 Å². The lowest BCUT2D eigenvalue weighted by Gasteiger charge is -2.11. The van der Waals surface area contributed by atoms with E-state index in [9.17, 15) is 4.79 Å². The largest absolute Gasteiger partial charge is 0.438 e. The molecule has 0 bridgehead atoms. The molecule has 35 heavy (non-hydrogen) atoms. The maximum Gasteiger partial charge on any atom is 0.247 e. The van der Waals surface area contributed by atoms with Crippen LogP contribution in [-0.4, -0.2) is 30.2 Å². The average molecular weight is 466 g/mol. The third kappa shape index (κ3) is 4.10. The number of nitrogens with two attached hydrogens (primary N) is 1.